The van der Waals surface area contributed by atoms with Crippen molar-refractivity contribution in [1.29, 1.82) is 0 Å². The van der Waals surface area contributed by atoms with Crippen LogP contribution in [0.1, 0.15) is 53.9 Å². The first kappa shape index (κ1) is 15.1. The summed E-state index contributed by atoms with van der Waals surface area (Å²) in [5.41, 5.74) is 0.0256. The molecule has 0 saturated heterocycles. The number of carbonyl (C=O) groups is 2. The van der Waals surface area contributed by atoms with E-state index in [2.05, 4.69) is 5.32 Å². The maximum Gasteiger partial charge on any atom is 0.220 e. The summed E-state index contributed by atoms with van der Waals surface area (Å²) in [5.74, 6) is 0.444. The molecule has 94 valence electrons. The van der Waals surface area contributed by atoms with Crippen LogP contribution in [0.3, 0.4) is 0 Å². The first-order valence-electron chi connectivity index (χ1n) is 6.02. The Morgan fingerprint density at radius 3 is 2.19 bits per heavy atom. The predicted molar refractivity (Wildman–Crippen MR) is 66.2 cm³/mol. The minimum Gasteiger partial charge on any atom is -0.356 e. The van der Waals surface area contributed by atoms with Gasteiger partial charge in [0, 0.05) is 25.3 Å². The molecule has 0 aliphatic rings. The summed E-state index contributed by atoms with van der Waals surface area (Å²) in [4.78, 5) is 22.7. The molecular weight excluding hydrogens is 202 g/mol. The molecule has 3 heteroatoms. The highest BCUT2D eigenvalue weighted by Crippen LogP contribution is 2.17. The van der Waals surface area contributed by atoms with Crippen LogP contribution in [0.25, 0.3) is 0 Å². The summed E-state index contributed by atoms with van der Waals surface area (Å²) in [6, 6.07) is 0. The molecule has 16 heavy (non-hydrogen) atoms. The minimum atomic E-state index is 0.0256. The van der Waals surface area contributed by atoms with E-state index >= 15 is 0 Å². The van der Waals surface area contributed by atoms with Crippen molar-refractivity contribution in [2.75, 3.05) is 6.54 Å². The van der Waals surface area contributed by atoms with Gasteiger partial charge < -0.3 is 5.32 Å². The van der Waals surface area contributed by atoms with Crippen molar-refractivity contribution in [3.05, 3.63) is 0 Å². The second kappa shape index (κ2) is 6.66. The van der Waals surface area contributed by atoms with Gasteiger partial charge in [0.05, 0.1) is 0 Å². The maximum atomic E-state index is 11.4. The normalized spacial score (nSPS) is 11.6. The smallest absolute Gasteiger partial charge is 0.220 e. The summed E-state index contributed by atoms with van der Waals surface area (Å²) < 4.78 is 0. The van der Waals surface area contributed by atoms with E-state index in [9.17, 15) is 9.59 Å². The molecule has 0 aromatic carbocycles. The van der Waals surface area contributed by atoms with E-state index in [1.165, 1.54) is 0 Å². The molecule has 0 aliphatic heterocycles. The van der Waals surface area contributed by atoms with Crippen molar-refractivity contribution in [2.45, 2.75) is 53.9 Å². The largest absolute Gasteiger partial charge is 0.356 e. The van der Waals surface area contributed by atoms with Crippen LogP contribution >= 0.6 is 0 Å². The number of Topliss-reactive ketones (excluding diaryl/α,β-unsaturated/α-hetero) is 1. The second-order valence-electron chi connectivity index (χ2n) is 5.81. The van der Waals surface area contributed by atoms with E-state index in [4.69, 9.17) is 0 Å². The van der Waals surface area contributed by atoms with E-state index in [0.717, 1.165) is 6.42 Å². The van der Waals surface area contributed by atoms with Gasteiger partial charge >= 0.3 is 0 Å². The Morgan fingerprint density at radius 2 is 1.75 bits per heavy atom. The quantitative estimate of drug-likeness (QED) is 0.709. The monoisotopic (exact) mass is 227 g/mol. The molecule has 0 saturated carbocycles. The average Bonchev–Trinajstić information content (AvgIpc) is 2.08. The summed E-state index contributed by atoms with van der Waals surface area (Å²) in [6.07, 6.45) is 1.84. The number of carbonyl (C=O) groups excluding carboxylic acids is 2. The Labute approximate surface area is 99.0 Å². The zero-order chi connectivity index (χ0) is 12.8. The van der Waals surface area contributed by atoms with Gasteiger partial charge in [0.15, 0.2) is 0 Å². The van der Waals surface area contributed by atoms with Gasteiger partial charge in [-0.25, -0.2) is 0 Å². The van der Waals surface area contributed by atoms with Crippen molar-refractivity contribution in [3.8, 4) is 0 Å². The van der Waals surface area contributed by atoms with Crippen LogP contribution in [-0.2, 0) is 9.59 Å². The molecule has 1 N–H and O–H groups in total. The Kier molecular flexibility index (Phi) is 6.31. The molecule has 3 nitrogen and oxygen atoms in total. The van der Waals surface area contributed by atoms with Crippen molar-refractivity contribution < 1.29 is 9.59 Å². The lowest BCUT2D eigenvalue weighted by Crippen LogP contribution is -2.28. The third kappa shape index (κ3) is 8.45. The van der Waals surface area contributed by atoms with Crippen LogP contribution in [0.15, 0.2) is 0 Å². The third-order valence-corrected chi connectivity index (χ3v) is 2.26. The van der Waals surface area contributed by atoms with Crippen molar-refractivity contribution in [3.63, 3.8) is 0 Å². The number of hydrogen-bond donors (Lipinski definition) is 1. The van der Waals surface area contributed by atoms with Gasteiger partial charge in [-0.05, 0) is 11.8 Å². The molecule has 0 heterocycles. The van der Waals surface area contributed by atoms with Crippen LogP contribution in [-0.4, -0.2) is 18.2 Å². The van der Waals surface area contributed by atoms with Crippen LogP contribution in [0.5, 0.6) is 0 Å². The minimum absolute atomic E-state index is 0.0256. The molecule has 0 aliphatic carbocycles. The molecule has 0 aromatic heterocycles. The highest BCUT2D eigenvalue weighted by atomic mass is 16.1. The summed E-state index contributed by atoms with van der Waals surface area (Å²) in [6.45, 7) is 10.5. The summed E-state index contributed by atoms with van der Waals surface area (Å²) in [5, 5.41) is 2.84. The highest BCUT2D eigenvalue weighted by molar-refractivity contribution is 5.80. The number of amides is 1. The maximum absolute atomic E-state index is 11.4. The lowest BCUT2D eigenvalue weighted by molar-refractivity contribution is -0.124. The zero-order valence-corrected chi connectivity index (χ0v) is 11.2. The molecule has 0 rings (SSSR count). The number of ketones is 1. The zero-order valence-electron chi connectivity index (χ0n) is 11.2. The standard InChI is InChI=1S/C13H25NO2/c1-10(2)11(15)7-6-8-14-12(16)9-13(3,4)5/h10H,6-9H2,1-5H3,(H,14,16). The second-order valence-corrected chi connectivity index (χ2v) is 5.81. The van der Waals surface area contributed by atoms with Crippen molar-refractivity contribution in [1.82, 2.24) is 5.32 Å². The Balaban J connectivity index is 3.60. The first-order valence-corrected chi connectivity index (χ1v) is 6.02. The third-order valence-electron chi connectivity index (χ3n) is 2.26. The van der Waals surface area contributed by atoms with E-state index < -0.39 is 0 Å². The average molecular weight is 227 g/mol. The van der Waals surface area contributed by atoms with Gasteiger partial charge in [0.1, 0.15) is 5.78 Å². The highest BCUT2D eigenvalue weighted by Gasteiger charge is 2.15. The van der Waals surface area contributed by atoms with E-state index in [1.807, 2.05) is 34.6 Å². The van der Waals surface area contributed by atoms with E-state index in [0.29, 0.717) is 19.4 Å². The fourth-order valence-electron chi connectivity index (χ4n) is 1.32. The van der Waals surface area contributed by atoms with Crippen molar-refractivity contribution in [2.24, 2.45) is 11.3 Å². The fourth-order valence-corrected chi connectivity index (χ4v) is 1.32. The molecule has 0 atom stereocenters. The fraction of sp³-hybridized carbons (Fsp3) is 0.846. The SMILES string of the molecule is CC(C)C(=O)CCCNC(=O)CC(C)(C)C. The molecular formula is C13H25NO2. The van der Waals surface area contributed by atoms with Gasteiger partial charge in [-0.1, -0.05) is 34.6 Å². The van der Waals surface area contributed by atoms with Gasteiger partial charge in [-0.3, -0.25) is 9.59 Å². The predicted octanol–water partition coefficient (Wildman–Crippen LogP) is 2.54. The number of nitrogens with one attached hydrogen (secondary N) is 1. The Hall–Kier alpha value is -0.860. The lowest BCUT2D eigenvalue weighted by atomic mass is 9.92. The lowest BCUT2D eigenvalue weighted by Gasteiger charge is -2.17. The molecule has 0 bridgehead atoms. The van der Waals surface area contributed by atoms with Gasteiger partial charge in [-0.2, -0.15) is 0 Å². The first-order chi connectivity index (χ1) is 7.22. The van der Waals surface area contributed by atoms with Crippen LogP contribution < -0.4 is 5.32 Å². The van der Waals surface area contributed by atoms with E-state index in [1.54, 1.807) is 0 Å². The van der Waals surface area contributed by atoms with Crippen molar-refractivity contribution >= 4 is 11.7 Å². The van der Waals surface area contributed by atoms with Crippen LogP contribution in [0, 0.1) is 11.3 Å². The number of rotatable bonds is 6. The molecule has 0 radical (unpaired) electrons. The number of hydrogen-bond acceptors (Lipinski definition) is 2. The van der Waals surface area contributed by atoms with Gasteiger partial charge in [0.2, 0.25) is 5.91 Å². The van der Waals surface area contributed by atoms with Crippen LogP contribution in [0.4, 0.5) is 0 Å². The van der Waals surface area contributed by atoms with Crippen LogP contribution in [0.2, 0.25) is 0 Å². The van der Waals surface area contributed by atoms with Gasteiger partial charge in [0.25, 0.3) is 0 Å². The molecule has 0 spiro atoms. The molecule has 0 aromatic rings. The Bertz CT molecular complexity index is 239. The van der Waals surface area contributed by atoms with Gasteiger partial charge in [-0.15, -0.1) is 0 Å². The summed E-state index contributed by atoms with van der Waals surface area (Å²) in [7, 11) is 0. The summed E-state index contributed by atoms with van der Waals surface area (Å²) >= 11 is 0. The topological polar surface area (TPSA) is 46.2 Å². The molecule has 1 amide bonds. The Morgan fingerprint density at radius 1 is 1.19 bits per heavy atom. The molecule has 0 fully saturated rings. The molecule has 0 unspecified atom stereocenters. The van der Waals surface area contributed by atoms with E-state index in [-0.39, 0.29) is 23.0 Å².